The average Bonchev–Trinajstić information content (AvgIpc) is 2.59. The van der Waals surface area contributed by atoms with E-state index in [1.54, 1.807) is 30.3 Å². The van der Waals surface area contributed by atoms with Crippen LogP contribution in [0.25, 0.3) is 0 Å². The number of aliphatic hydroxyl groups is 1. The van der Waals surface area contributed by atoms with E-state index in [2.05, 4.69) is 15.9 Å². The van der Waals surface area contributed by atoms with E-state index in [-0.39, 0.29) is 11.1 Å². The van der Waals surface area contributed by atoms with Crippen LogP contribution in [-0.2, 0) is 11.6 Å². The van der Waals surface area contributed by atoms with Crippen LogP contribution in [0.15, 0.2) is 53.0 Å². The highest BCUT2D eigenvalue weighted by Gasteiger charge is 2.64. The molecule has 2 aromatic rings. The monoisotopic (exact) mass is 339 g/mol. The van der Waals surface area contributed by atoms with E-state index in [1.807, 2.05) is 0 Å². The first-order chi connectivity index (χ1) is 9.39. The maximum atomic E-state index is 14.8. The molecule has 0 aromatic heterocycles. The maximum absolute atomic E-state index is 14.8. The molecule has 0 aliphatic carbocycles. The Labute approximate surface area is 123 Å². The third kappa shape index (κ3) is 1.56. The first kappa shape index (κ1) is 13.5. The molecular formula is C15H12BrF2NO. The van der Waals surface area contributed by atoms with E-state index in [4.69, 9.17) is 0 Å². The van der Waals surface area contributed by atoms with E-state index >= 15 is 0 Å². The molecule has 1 aliphatic heterocycles. The van der Waals surface area contributed by atoms with E-state index in [0.717, 1.165) is 0 Å². The Morgan fingerprint density at radius 3 is 2.40 bits per heavy atom. The Morgan fingerprint density at radius 2 is 1.75 bits per heavy atom. The minimum atomic E-state index is -3.40. The van der Waals surface area contributed by atoms with Crippen LogP contribution in [0.4, 0.5) is 14.5 Å². The highest BCUT2D eigenvalue weighted by molar-refractivity contribution is 9.10. The van der Waals surface area contributed by atoms with E-state index < -0.39 is 11.6 Å². The van der Waals surface area contributed by atoms with Gasteiger partial charge in [-0.25, -0.2) is 0 Å². The summed E-state index contributed by atoms with van der Waals surface area (Å²) in [5, 5.41) is 10.7. The zero-order valence-electron chi connectivity index (χ0n) is 10.6. The molecule has 2 aromatic carbocycles. The first-order valence-electron chi connectivity index (χ1n) is 6.08. The van der Waals surface area contributed by atoms with Crippen molar-refractivity contribution in [3.63, 3.8) is 0 Å². The summed E-state index contributed by atoms with van der Waals surface area (Å²) in [6, 6.07) is 12.6. The number of nitrogens with zero attached hydrogens (tertiary/aromatic N) is 1. The van der Waals surface area contributed by atoms with Crippen molar-refractivity contribution in [3.8, 4) is 0 Å². The van der Waals surface area contributed by atoms with E-state index in [1.165, 1.54) is 30.1 Å². The molecule has 20 heavy (non-hydrogen) atoms. The van der Waals surface area contributed by atoms with Crippen molar-refractivity contribution >= 4 is 21.6 Å². The maximum Gasteiger partial charge on any atom is 0.326 e. The fourth-order valence-electron chi connectivity index (χ4n) is 2.67. The summed E-state index contributed by atoms with van der Waals surface area (Å²) in [5.74, 6) is -3.40. The van der Waals surface area contributed by atoms with Crippen molar-refractivity contribution in [1.82, 2.24) is 0 Å². The highest BCUT2D eigenvalue weighted by Crippen LogP contribution is 2.57. The predicted octanol–water partition coefficient (Wildman–Crippen LogP) is 3.84. The Kier molecular flexibility index (Phi) is 2.88. The van der Waals surface area contributed by atoms with Gasteiger partial charge in [-0.3, -0.25) is 0 Å². The lowest BCUT2D eigenvalue weighted by Gasteiger charge is -2.36. The smallest absolute Gasteiger partial charge is 0.326 e. The van der Waals surface area contributed by atoms with Gasteiger partial charge in [0.25, 0.3) is 0 Å². The molecule has 1 heterocycles. The van der Waals surface area contributed by atoms with Crippen molar-refractivity contribution in [2.45, 2.75) is 11.6 Å². The fraction of sp³-hybridized carbons (Fsp3) is 0.200. The van der Waals surface area contributed by atoms with Gasteiger partial charge in [0.05, 0.1) is 5.56 Å². The van der Waals surface area contributed by atoms with Gasteiger partial charge in [0.2, 0.25) is 5.72 Å². The Bertz CT molecular complexity index is 662. The summed E-state index contributed by atoms with van der Waals surface area (Å²) in [5.41, 5.74) is -2.07. The minimum absolute atomic E-state index is 0.167. The second-order valence-electron chi connectivity index (χ2n) is 4.83. The molecule has 1 N–H and O–H groups in total. The van der Waals surface area contributed by atoms with Crippen molar-refractivity contribution in [1.29, 1.82) is 0 Å². The largest absolute Gasteiger partial charge is 0.362 e. The van der Waals surface area contributed by atoms with Crippen LogP contribution in [0.5, 0.6) is 0 Å². The van der Waals surface area contributed by atoms with Gasteiger partial charge in [-0.2, -0.15) is 8.78 Å². The standard InChI is InChI=1S/C15H12BrF2NO/c1-19-13-8-7-11(16)9-12(13)14(17,18)15(19,20)10-5-3-2-4-6-10/h2-9,20H,1H3. The molecule has 1 unspecified atom stereocenters. The van der Waals surface area contributed by atoms with Gasteiger partial charge in [-0.05, 0) is 18.2 Å². The zero-order valence-corrected chi connectivity index (χ0v) is 12.2. The van der Waals surface area contributed by atoms with Crippen molar-refractivity contribution in [2.24, 2.45) is 0 Å². The Hall–Kier alpha value is -1.46. The van der Waals surface area contributed by atoms with Crippen LogP contribution in [0.2, 0.25) is 0 Å². The van der Waals surface area contributed by atoms with Crippen molar-refractivity contribution in [2.75, 3.05) is 11.9 Å². The van der Waals surface area contributed by atoms with Crippen LogP contribution < -0.4 is 4.90 Å². The summed E-state index contributed by atoms with van der Waals surface area (Å²) in [6.45, 7) is 0. The molecule has 1 aliphatic rings. The predicted molar refractivity (Wildman–Crippen MR) is 76.8 cm³/mol. The molecule has 3 rings (SSSR count). The summed E-state index contributed by atoms with van der Waals surface area (Å²) < 4.78 is 30.1. The number of rotatable bonds is 1. The first-order valence-corrected chi connectivity index (χ1v) is 6.88. The average molecular weight is 340 g/mol. The van der Waals surface area contributed by atoms with Crippen LogP contribution >= 0.6 is 15.9 Å². The molecule has 0 amide bonds. The lowest BCUT2D eigenvalue weighted by atomic mass is 9.94. The molecule has 104 valence electrons. The third-order valence-corrected chi connectivity index (χ3v) is 4.25. The molecule has 0 bridgehead atoms. The highest BCUT2D eigenvalue weighted by atomic mass is 79.9. The van der Waals surface area contributed by atoms with E-state index in [9.17, 15) is 13.9 Å². The molecule has 1 atom stereocenters. The lowest BCUT2D eigenvalue weighted by Crippen LogP contribution is -2.50. The second-order valence-corrected chi connectivity index (χ2v) is 5.75. The van der Waals surface area contributed by atoms with Gasteiger partial charge in [0.15, 0.2) is 0 Å². The fourth-order valence-corrected chi connectivity index (χ4v) is 3.03. The number of anilines is 1. The Morgan fingerprint density at radius 1 is 1.10 bits per heavy atom. The number of hydrogen-bond acceptors (Lipinski definition) is 2. The van der Waals surface area contributed by atoms with Gasteiger partial charge in [-0.1, -0.05) is 46.3 Å². The van der Waals surface area contributed by atoms with Gasteiger partial charge >= 0.3 is 5.92 Å². The number of hydrogen-bond donors (Lipinski definition) is 1. The SMILES string of the molecule is CN1c2ccc(Br)cc2C(F)(F)C1(O)c1ccccc1. The lowest BCUT2D eigenvalue weighted by molar-refractivity contribution is -0.182. The second kappa shape index (κ2) is 4.27. The van der Waals surface area contributed by atoms with Crippen molar-refractivity contribution < 1.29 is 13.9 Å². The van der Waals surface area contributed by atoms with Gasteiger partial charge in [-0.15, -0.1) is 0 Å². The van der Waals surface area contributed by atoms with Gasteiger partial charge < -0.3 is 10.0 Å². The topological polar surface area (TPSA) is 23.5 Å². The summed E-state index contributed by atoms with van der Waals surface area (Å²) in [4.78, 5) is 1.23. The number of benzene rings is 2. The van der Waals surface area contributed by atoms with Crippen molar-refractivity contribution in [3.05, 3.63) is 64.1 Å². The summed E-state index contributed by atoms with van der Waals surface area (Å²) in [6.07, 6.45) is 0. The summed E-state index contributed by atoms with van der Waals surface area (Å²) >= 11 is 3.20. The Balaban J connectivity index is 2.25. The molecule has 0 radical (unpaired) electrons. The molecule has 0 fully saturated rings. The number of fused-ring (bicyclic) bond motifs is 1. The van der Waals surface area contributed by atoms with E-state index in [0.29, 0.717) is 10.2 Å². The molecular weight excluding hydrogens is 328 g/mol. The van der Waals surface area contributed by atoms with Crippen LogP contribution in [0.3, 0.4) is 0 Å². The molecule has 2 nitrogen and oxygen atoms in total. The van der Waals surface area contributed by atoms with Crippen LogP contribution in [0.1, 0.15) is 11.1 Å². The zero-order chi connectivity index (χ0) is 14.5. The number of halogens is 3. The quantitative estimate of drug-likeness (QED) is 0.853. The number of likely N-dealkylation sites (N-methyl/N-ethyl adjacent to an activating group) is 1. The molecule has 5 heteroatoms. The molecule has 0 spiro atoms. The summed E-state index contributed by atoms with van der Waals surface area (Å²) in [7, 11) is 1.47. The number of alkyl halides is 2. The normalized spacial score (nSPS) is 23.8. The minimum Gasteiger partial charge on any atom is -0.362 e. The molecule has 0 saturated heterocycles. The van der Waals surface area contributed by atoms with Crippen LogP contribution in [-0.4, -0.2) is 12.2 Å². The van der Waals surface area contributed by atoms with Gasteiger partial charge in [0, 0.05) is 22.8 Å². The van der Waals surface area contributed by atoms with Gasteiger partial charge in [0.1, 0.15) is 0 Å². The van der Waals surface area contributed by atoms with Crippen LogP contribution in [0, 0.1) is 0 Å². The third-order valence-electron chi connectivity index (χ3n) is 3.76. The molecule has 0 saturated carbocycles.